The molecule has 5 rings (SSSR count). The number of benzene rings is 1. The molecule has 0 N–H and O–H groups in total. The van der Waals surface area contributed by atoms with Gasteiger partial charge in [-0.2, -0.15) is 0 Å². The molecule has 2 fully saturated rings. The minimum absolute atomic E-state index is 0.744. The Morgan fingerprint density at radius 1 is 1.13 bits per heavy atom. The maximum Gasteiger partial charge on any atom is 0.0705 e. The van der Waals surface area contributed by atoms with E-state index < -0.39 is 0 Å². The fourth-order valence-corrected chi connectivity index (χ4v) is 4.95. The Balaban J connectivity index is 1.45. The van der Waals surface area contributed by atoms with Crippen LogP contribution in [0.2, 0.25) is 0 Å². The van der Waals surface area contributed by atoms with Crippen molar-refractivity contribution in [3.8, 4) is 0 Å². The lowest BCUT2D eigenvalue weighted by molar-refractivity contribution is 0.0489. The first kappa shape index (κ1) is 14.0. The molecule has 3 unspecified atom stereocenters. The van der Waals surface area contributed by atoms with Crippen LogP contribution in [0.4, 0.5) is 0 Å². The summed E-state index contributed by atoms with van der Waals surface area (Å²) in [7, 11) is 0. The zero-order valence-electron chi connectivity index (χ0n) is 14.0. The monoisotopic (exact) mass is 306 g/mol. The molecular weight excluding hydrogens is 280 g/mol. The number of hydrogen-bond acceptors (Lipinski definition) is 2. The molecular formula is C21H26N2. The van der Waals surface area contributed by atoms with Gasteiger partial charge in [0.15, 0.2) is 0 Å². The van der Waals surface area contributed by atoms with E-state index in [4.69, 9.17) is 4.98 Å². The molecule has 1 saturated heterocycles. The zero-order valence-corrected chi connectivity index (χ0v) is 14.0. The Bertz CT molecular complexity index is 734. The second-order valence-electron chi connectivity index (χ2n) is 8.09. The van der Waals surface area contributed by atoms with Crippen molar-refractivity contribution in [1.29, 1.82) is 0 Å². The number of pyridine rings is 1. The number of aromatic nitrogens is 1. The van der Waals surface area contributed by atoms with Gasteiger partial charge >= 0.3 is 0 Å². The molecule has 2 nitrogen and oxygen atoms in total. The predicted molar refractivity (Wildman–Crippen MR) is 94.5 cm³/mol. The van der Waals surface area contributed by atoms with E-state index >= 15 is 0 Å². The summed E-state index contributed by atoms with van der Waals surface area (Å²) >= 11 is 0. The van der Waals surface area contributed by atoms with Gasteiger partial charge in [-0.3, -0.25) is 4.98 Å². The Labute approximate surface area is 138 Å². The van der Waals surface area contributed by atoms with Crippen molar-refractivity contribution < 1.29 is 0 Å². The first-order valence-corrected chi connectivity index (χ1v) is 9.39. The lowest BCUT2D eigenvalue weighted by atomic mass is 9.70. The Morgan fingerprint density at radius 2 is 2.00 bits per heavy atom. The van der Waals surface area contributed by atoms with Gasteiger partial charge in [0.2, 0.25) is 0 Å². The molecule has 1 aromatic carbocycles. The maximum absolute atomic E-state index is 5.00. The highest BCUT2D eigenvalue weighted by molar-refractivity contribution is 5.79. The highest BCUT2D eigenvalue weighted by Crippen LogP contribution is 2.41. The van der Waals surface area contributed by atoms with Crippen molar-refractivity contribution in [3.05, 3.63) is 41.6 Å². The van der Waals surface area contributed by atoms with Gasteiger partial charge in [-0.1, -0.05) is 18.2 Å². The van der Waals surface area contributed by atoms with Crippen LogP contribution >= 0.6 is 0 Å². The minimum Gasteiger partial charge on any atom is -0.300 e. The molecule has 2 aliphatic carbocycles. The standard InChI is InChI=1S/C21H26N2/c1-14-19-11-18-10-17-4-2-3-5-20(17)22-21(18)12-16(19)8-9-23(14)13-15-6-7-15/h2-5,10,14-16,19H,6-9,11-13H2,1H3. The van der Waals surface area contributed by atoms with E-state index in [1.54, 1.807) is 0 Å². The smallest absolute Gasteiger partial charge is 0.0705 e. The lowest BCUT2D eigenvalue weighted by Crippen LogP contribution is -2.50. The first-order chi connectivity index (χ1) is 11.3. The molecule has 0 radical (unpaired) electrons. The number of nitrogens with zero attached hydrogens (tertiary/aromatic N) is 2. The number of piperidine rings is 1. The summed E-state index contributed by atoms with van der Waals surface area (Å²) in [4.78, 5) is 7.79. The average Bonchev–Trinajstić information content (AvgIpc) is 3.38. The number of hydrogen-bond donors (Lipinski definition) is 0. The van der Waals surface area contributed by atoms with E-state index in [0.717, 1.165) is 23.8 Å². The van der Waals surface area contributed by atoms with E-state index in [-0.39, 0.29) is 0 Å². The van der Waals surface area contributed by atoms with E-state index in [0.29, 0.717) is 0 Å². The Morgan fingerprint density at radius 3 is 2.87 bits per heavy atom. The average molecular weight is 306 g/mol. The first-order valence-electron chi connectivity index (χ1n) is 9.39. The highest BCUT2D eigenvalue weighted by atomic mass is 15.2. The van der Waals surface area contributed by atoms with Gasteiger partial charge in [0.25, 0.3) is 0 Å². The quantitative estimate of drug-likeness (QED) is 0.831. The van der Waals surface area contributed by atoms with Crippen LogP contribution in [-0.4, -0.2) is 29.0 Å². The van der Waals surface area contributed by atoms with E-state index in [1.165, 1.54) is 67.4 Å². The molecule has 2 heterocycles. The van der Waals surface area contributed by atoms with Crippen molar-refractivity contribution in [3.63, 3.8) is 0 Å². The van der Waals surface area contributed by atoms with Crippen LogP contribution in [0.5, 0.6) is 0 Å². The molecule has 2 aromatic rings. The number of rotatable bonds is 2. The molecule has 23 heavy (non-hydrogen) atoms. The fraction of sp³-hybridized carbons (Fsp3) is 0.571. The second kappa shape index (κ2) is 5.31. The summed E-state index contributed by atoms with van der Waals surface area (Å²) < 4.78 is 0. The van der Waals surface area contributed by atoms with Crippen molar-refractivity contribution in [2.24, 2.45) is 17.8 Å². The van der Waals surface area contributed by atoms with Crippen molar-refractivity contribution in [2.75, 3.05) is 13.1 Å². The van der Waals surface area contributed by atoms with Crippen LogP contribution < -0.4 is 0 Å². The molecule has 0 bridgehead atoms. The van der Waals surface area contributed by atoms with Crippen molar-refractivity contribution >= 4 is 10.9 Å². The van der Waals surface area contributed by atoms with Crippen LogP contribution in [0.15, 0.2) is 30.3 Å². The molecule has 120 valence electrons. The maximum atomic E-state index is 5.00. The van der Waals surface area contributed by atoms with E-state index in [2.05, 4.69) is 42.2 Å². The van der Waals surface area contributed by atoms with Gasteiger partial charge in [0, 0.05) is 23.7 Å². The van der Waals surface area contributed by atoms with Gasteiger partial charge in [-0.15, -0.1) is 0 Å². The zero-order chi connectivity index (χ0) is 15.4. The summed E-state index contributed by atoms with van der Waals surface area (Å²) in [5.41, 5.74) is 4.07. The molecule has 3 aliphatic rings. The summed E-state index contributed by atoms with van der Waals surface area (Å²) in [5.74, 6) is 2.69. The highest BCUT2D eigenvalue weighted by Gasteiger charge is 2.40. The Kier molecular flexibility index (Phi) is 3.22. The molecule has 1 saturated carbocycles. The van der Waals surface area contributed by atoms with Gasteiger partial charge in [0.05, 0.1) is 5.52 Å². The number of likely N-dealkylation sites (tertiary alicyclic amines) is 1. The molecule has 2 heteroatoms. The molecule has 1 aromatic heterocycles. The summed E-state index contributed by atoms with van der Waals surface area (Å²) in [6.07, 6.45) is 6.74. The third-order valence-corrected chi connectivity index (χ3v) is 6.58. The summed E-state index contributed by atoms with van der Waals surface area (Å²) in [5, 5.41) is 1.31. The topological polar surface area (TPSA) is 16.1 Å². The minimum atomic E-state index is 0.744. The number of para-hydroxylation sites is 1. The van der Waals surface area contributed by atoms with Crippen LogP contribution in [0, 0.1) is 17.8 Å². The molecule has 1 aliphatic heterocycles. The van der Waals surface area contributed by atoms with Crippen molar-refractivity contribution in [2.45, 2.75) is 45.1 Å². The van der Waals surface area contributed by atoms with Gasteiger partial charge in [-0.05, 0) is 81.0 Å². The summed E-state index contributed by atoms with van der Waals surface area (Å²) in [6, 6.07) is 11.8. The van der Waals surface area contributed by atoms with Gasteiger partial charge in [-0.25, -0.2) is 0 Å². The molecule has 0 spiro atoms. The van der Waals surface area contributed by atoms with Crippen LogP contribution in [0.25, 0.3) is 10.9 Å². The molecule has 0 amide bonds. The van der Waals surface area contributed by atoms with Gasteiger partial charge < -0.3 is 4.90 Å². The predicted octanol–water partition coefficient (Wildman–Crippen LogP) is 4.07. The normalized spacial score (nSPS) is 30.9. The third kappa shape index (κ3) is 2.48. The largest absolute Gasteiger partial charge is 0.300 e. The van der Waals surface area contributed by atoms with Crippen LogP contribution in [-0.2, 0) is 12.8 Å². The van der Waals surface area contributed by atoms with Crippen LogP contribution in [0.1, 0.15) is 37.4 Å². The Hall–Kier alpha value is -1.41. The third-order valence-electron chi connectivity index (χ3n) is 6.58. The van der Waals surface area contributed by atoms with E-state index in [1.807, 2.05) is 0 Å². The second-order valence-corrected chi connectivity index (χ2v) is 8.09. The lowest BCUT2D eigenvalue weighted by Gasteiger charge is -2.46. The SMILES string of the molecule is CC1C2Cc3cc4ccccc4nc3CC2CCN1CC1CC1. The number of fused-ring (bicyclic) bond motifs is 3. The van der Waals surface area contributed by atoms with Crippen molar-refractivity contribution in [1.82, 2.24) is 9.88 Å². The van der Waals surface area contributed by atoms with Crippen LogP contribution in [0.3, 0.4) is 0 Å². The molecule has 3 atom stereocenters. The van der Waals surface area contributed by atoms with Gasteiger partial charge in [0.1, 0.15) is 0 Å². The summed E-state index contributed by atoms with van der Waals surface area (Å²) in [6.45, 7) is 5.15. The van der Waals surface area contributed by atoms with E-state index in [9.17, 15) is 0 Å². The fourth-order valence-electron chi connectivity index (χ4n) is 4.95.